The van der Waals surface area contributed by atoms with E-state index < -0.39 is 0 Å². The summed E-state index contributed by atoms with van der Waals surface area (Å²) in [5.41, 5.74) is 0.171. The van der Waals surface area contributed by atoms with Crippen LogP contribution in [0, 0.1) is 0 Å². The lowest BCUT2D eigenvalue weighted by atomic mass is 10.3. The number of nitrogens with one attached hydrogen (secondary N) is 2. The minimum atomic E-state index is -0.342. The standard InChI is InChI=1S/C11H12N2O3/c1-7(14)13-9-5-3-8(11(16)12-2)4-6-10(9)15/h3-6H,1-2H3,(H,12,16)(H,13,14,15). The van der Waals surface area contributed by atoms with E-state index in [0.717, 1.165) is 0 Å². The maximum absolute atomic E-state index is 11.5. The SMILES string of the molecule is CNC(=O)c1ccc(NC(C)=O)c(=O)cc1. The highest BCUT2D eigenvalue weighted by Gasteiger charge is 2.03. The second-order valence-corrected chi connectivity index (χ2v) is 3.16. The number of anilines is 1. The van der Waals surface area contributed by atoms with Gasteiger partial charge in [0.15, 0.2) is 0 Å². The molecular weight excluding hydrogens is 208 g/mol. The predicted octanol–water partition coefficient (Wildman–Crippen LogP) is 0.365. The molecule has 0 saturated carbocycles. The molecule has 1 rings (SSSR count). The summed E-state index contributed by atoms with van der Waals surface area (Å²) in [5.74, 6) is -0.617. The van der Waals surface area contributed by atoms with E-state index in [9.17, 15) is 14.4 Å². The van der Waals surface area contributed by atoms with Crippen LogP contribution in [0.1, 0.15) is 17.3 Å². The van der Waals surface area contributed by atoms with Gasteiger partial charge in [0.1, 0.15) is 0 Å². The summed E-state index contributed by atoms with van der Waals surface area (Å²) in [4.78, 5) is 33.6. The van der Waals surface area contributed by atoms with Crippen LogP contribution < -0.4 is 16.1 Å². The van der Waals surface area contributed by atoms with Gasteiger partial charge >= 0.3 is 0 Å². The van der Waals surface area contributed by atoms with Gasteiger partial charge in [0.2, 0.25) is 11.3 Å². The van der Waals surface area contributed by atoms with Gasteiger partial charge in [0.25, 0.3) is 5.91 Å². The molecule has 1 aromatic carbocycles. The molecule has 0 unspecified atom stereocenters. The van der Waals surface area contributed by atoms with Crippen molar-refractivity contribution < 1.29 is 9.59 Å². The number of amides is 2. The number of hydrogen-bond acceptors (Lipinski definition) is 3. The molecule has 0 atom stereocenters. The molecule has 5 nitrogen and oxygen atoms in total. The quantitative estimate of drug-likeness (QED) is 0.755. The summed E-state index contributed by atoms with van der Waals surface area (Å²) >= 11 is 0. The van der Waals surface area contributed by atoms with Gasteiger partial charge in [-0.05, 0) is 24.3 Å². The van der Waals surface area contributed by atoms with Crippen LogP contribution >= 0.6 is 0 Å². The molecule has 84 valence electrons. The van der Waals surface area contributed by atoms with Crippen LogP contribution in [0.2, 0.25) is 0 Å². The molecule has 0 aliphatic carbocycles. The molecule has 16 heavy (non-hydrogen) atoms. The molecule has 2 N–H and O–H groups in total. The van der Waals surface area contributed by atoms with Crippen LogP contribution in [-0.4, -0.2) is 18.9 Å². The molecule has 0 heterocycles. The highest BCUT2D eigenvalue weighted by atomic mass is 16.2. The van der Waals surface area contributed by atoms with E-state index in [1.807, 2.05) is 0 Å². The molecule has 0 saturated heterocycles. The van der Waals surface area contributed by atoms with E-state index >= 15 is 0 Å². The van der Waals surface area contributed by atoms with Gasteiger partial charge in [-0.1, -0.05) is 0 Å². The normalized spacial score (nSPS) is 9.38. The van der Waals surface area contributed by atoms with E-state index in [1.165, 1.54) is 38.2 Å². The summed E-state index contributed by atoms with van der Waals surface area (Å²) in [6.45, 7) is 1.31. The minimum absolute atomic E-state index is 0.155. The number of carbonyl (C=O) groups excluding carboxylic acids is 2. The van der Waals surface area contributed by atoms with Crippen molar-refractivity contribution in [2.45, 2.75) is 6.92 Å². The van der Waals surface area contributed by atoms with Crippen molar-refractivity contribution in [1.82, 2.24) is 5.32 Å². The predicted molar refractivity (Wildman–Crippen MR) is 60.4 cm³/mol. The van der Waals surface area contributed by atoms with Crippen LogP contribution in [0.3, 0.4) is 0 Å². The molecule has 0 spiro atoms. The molecule has 0 fully saturated rings. The van der Waals surface area contributed by atoms with E-state index in [2.05, 4.69) is 10.6 Å². The molecular formula is C11H12N2O3. The van der Waals surface area contributed by atoms with E-state index in [4.69, 9.17) is 0 Å². The highest BCUT2D eigenvalue weighted by molar-refractivity contribution is 5.94. The fourth-order valence-electron chi connectivity index (χ4n) is 1.15. The van der Waals surface area contributed by atoms with Crippen molar-refractivity contribution in [3.8, 4) is 0 Å². The fraction of sp³-hybridized carbons (Fsp3) is 0.182. The van der Waals surface area contributed by atoms with Crippen LogP contribution in [0.15, 0.2) is 29.1 Å². The number of rotatable bonds is 2. The zero-order valence-electron chi connectivity index (χ0n) is 9.03. The molecule has 2 amide bonds. The maximum atomic E-state index is 11.5. The molecule has 0 aliphatic rings. The summed E-state index contributed by atoms with van der Waals surface area (Å²) in [5, 5.41) is 4.84. The summed E-state index contributed by atoms with van der Waals surface area (Å²) in [6.07, 6.45) is 0. The Morgan fingerprint density at radius 2 is 1.75 bits per heavy atom. The molecule has 0 radical (unpaired) electrons. The Hall–Kier alpha value is -2.17. The lowest BCUT2D eigenvalue weighted by Crippen LogP contribution is -2.17. The third-order valence-corrected chi connectivity index (χ3v) is 1.91. The first-order valence-electron chi connectivity index (χ1n) is 4.68. The highest BCUT2D eigenvalue weighted by Crippen LogP contribution is 2.01. The first kappa shape index (κ1) is 11.9. The number of hydrogen-bond donors (Lipinski definition) is 2. The summed E-state index contributed by atoms with van der Waals surface area (Å²) in [6, 6.07) is 5.54. The Labute approximate surface area is 92.5 Å². The van der Waals surface area contributed by atoms with Gasteiger partial charge in [-0.2, -0.15) is 0 Å². The lowest BCUT2D eigenvalue weighted by molar-refractivity contribution is -0.114. The van der Waals surface area contributed by atoms with E-state index in [0.29, 0.717) is 5.56 Å². The Bertz CT molecular complexity index is 483. The van der Waals surface area contributed by atoms with Gasteiger partial charge in [-0.3, -0.25) is 14.4 Å². The topological polar surface area (TPSA) is 75.3 Å². The first-order valence-corrected chi connectivity index (χ1v) is 4.68. The van der Waals surface area contributed by atoms with Crippen molar-refractivity contribution in [1.29, 1.82) is 0 Å². The Balaban J connectivity index is 3.18. The number of carbonyl (C=O) groups is 2. The van der Waals surface area contributed by atoms with E-state index in [-0.39, 0.29) is 22.9 Å². The van der Waals surface area contributed by atoms with Crippen molar-refractivity contribution in [3.63, 3.8) is 0 Å². The molecule has 5 heteroatoms. The minimum Gasteiger partial charge on any atom is -0.355 e. The fourth-order valence-corrected chi connectivity index (χ4v) is 1.15. The average molecular weight is 220 g/mol. The largest absolute Gasteiger partial charge is 0.355 e. The summed E-state index contributed by atoms with van der Waals surface area (Å²) in [7, 11) is 1.50. The van der Waals surface area contributed by atoms with Crippen molar-refractivity contribution in [2.24, 2.45) is 0 Å². The lowest BCUT2D eigenvalue weighted by Gasteiger charge is -1.96. The molecule has 0 aliphatic heterocycles. The monoisotopic (exact) mass is 220 g/mol. The van der Waals surface area contributed by atoms with Crippen LogP contribution in [0.25, 0.3) is 0 Å². The third-order valence-electron chi connectivity index (χ3n) is 1.91. The van der Waals surface area contributed by atoms with Gasteiger partial charge in [0, 0.05) is 19.5 Å². The maximum Gasteiger partial charge on any atom is 0.251 e. The Kier molecular flexibility index (Phi) is 3.77. The molecule has 1 aromatic rings. The van der Waals surface area contributed by atoms with Gasteiger partial charge in [-0.15, -0.1) is 0 Å². The van der Waals surface area contributed by atoms with Crippen molar-refractivity contribution in [3.05, 3.63) is 40.1 Å². The summed E-state index contributed by atoms with van der Waals surface area (Å²) < 4.78 is 0. The molecule has 0 bridgehead atoms. The Morgan fingerprint density at radius 1 is 1.12 bits per heavy atom. The van der Waals surface area contributed by atoms with Gasteiger partial charge in [0.05, 0.1) is 5.69 Å². The van der Waals surface area contributed by atoms with Gasteiger partial charge in [-0.25, -0.2) is 0 Å². The van der Waals surface area contributed by atoms with Crippen molar-refractivity contribution >= 4 is 17.5 Å². The van der Waals surface area contributed by atoms with Crippen LogP contribution in [0.4, 0.5) is 5.69 Å². The smallest absolute Gasteiger partial charge is 0.251 e. The van der Waals surface area contributed by atoms with E-state index in [1.54, 1.807) is 0 Å². The third kappa shape index (κ3) is 2.91. The zero-order valence-corrected chi connectivity index (χ0v) is 9.03. The van der Waals surface area contributed by atoms with Crippen LogP contribution in [0.5, 0.6) is 0 Å². The second kappa shape index (κ2) is 5.06. The van der Waals surface area contributed by atoms with Gasteiger partial charge < -0.3 is 10.6 Å². The first-order chi connectivity index (χ1) is 7.54. The zero-order chi connectivity index (χ0) is 12.1. The second-order valence-electron chi connectivity index (χ2n) is 3.16. The average Bonchev–Trinajstić information content (AvgIpc) is 2.41. The van der Waals surface area contributed by atoms with Crippen molar-refractivity contribution in [2.75, 3.05) is 12.4 Å². The van der Waals surface area contributed by atoms with Crippen LogP contribution in [-0.2, 0) is 4.79 Å². The molecule has 0 aromatic heterocycles. The Morgan fingerprint density at radius 3 is 2.31 bits per heavy atom.